The molecule has 5 heteroatoms. The lowest BCUT2D eigenvalue weighted by Crippen LogP contribution is -2.15. The zero-order valence-corrected chi connectivity index (χ0v) is 19.9. The number of aromatic amines is 1. The fraction of sp³-hybridized carbons (Fsp3) is 0.161. The third-order valence-electron chi connectivity index (χ3n) is 7.12. The number of para-hydroxylation sites is 2. The lowest BCUT2D eigenvalue weighted by atomic mass is 9.89. The molecule has 5 aromatic rings. The van der Waals surface area contributed by atoms with Gasteiger partial charge < -0.3 is 15.5 Å². The van der Waals surface area contributed by atoms with Crippen LogP contribution in [-0.2, 0) is 0 Å². The first-order chi connectivity index (χ1) is 17.7. The van der Waals surface area contributed by atoms with Gasteiger partial charge in [0, 0.05) is 40.0 Å². The van der Waals surface area contributed by atoms with E-state index >= 15 is 0 Å². The van der Waals surface area contributed by atoms with Crippen molar-refractivity contribution in [1.82, 2.24) is 9.97 Å². The Balaban J connectivity index is 1.43. The standard InChI is InChI=1S/C31H27N3O2/c32-30(35)25-15-14-21(16-26(25)20-8-4-5-9-20)28-19-34-31-27(28)17-22(18-33-31)24-12-6-7-13-29(24)36-23-10-2-1-3-11-23/h1-3,6-7,10-20H,4-5,8-9H2,(H2,32,35)(H,33,34). The van der Waals surface area contributed by atoms with Crippen LogP contribution in [0.15, 0.2) is 91.3 Å². The highest BCUT2D eigenvalue weighted by molar-refractivity contribution is 5.99. The lowest BCUT2D eigenvalue weighted by Gasteiger charge is -2.15. The third kappa shape index (κ3) is 4.13. The summed E-state index contributed by atoms with van der Waals surface area (Å²) < 4.78 is 6.20. The molecule has 2 aromatic heterocycles. The molecule has 1 fully saturated rings. The molecule has 5 nitrogen and oxygen atoms in total. The number of pyridine rings is 1. The highest BCUT2D eigenvalue weighted by atomic mass is 16.5. The number of benzene rings is 3. The van der Waals surface area contributed by atoms with E-state index in [0.29, 0.717) is 11.5 Å². The summed E-state index contributed by atoms with van der Waals surface area (Å²) in [4.78, 5) is 20.2. The number of nitrogens with one attached hydrogen (secondary N) is 1. The summed E-state index contributed by atoms with van der Waals surface area (Å²) in [5, 5.41) is 1.02. The summed E-state index contributed by atoms with van der Waals surface area (Å²) >= 11 is 0. The Morgan fingerprint density at radius 2 is 1.67 bits per heavy atom. The van der Waals surface area contributed by atoms with Gasteiger partial charge in [0.05, 0.1) is 0 Å². The molecule has 0 spiro atoms. The van der Waals surface area contributed by atoms with E-state index in [1.165, 1.54) is 12.8 Å². The predicted molar refractivity (Wildman–Crippen MR) is 143 cm³/mol. The SMILES string of the molecule is NC(=O)c1ccc(-c2c[nH]c3ncc(-c4ccccc4Oc4ccccc4)cc23)cc1C1CCCC1. The van der Waals surface area contributed by atoms with Crippen molar-refractivity contribution >= 4 is 16.9 Å². The first-order valence-electron chi connectivity index (χ1n) is 12.4. The molecule has 1 amide bonds. The van der Waals surface area contributed by atoms with Gasteiger partial charge in [-0.3, -0.25) is 4.79 Å². The molecule has 0 bridgehead atoms. The van der Waals surface area contributed by atoms with Crippen LogP contribution in [0.4, 0.5) is 0 Å². The van der Waals surface area contributed by atoms with Crippen molar-refractivity contribution < 1.29 is 9.53 Å². The van der Waals surface area contributed by atoms with Crippen molar-refractivity contribution in [2.24, 2.45) is 5.73 Å². The quantitative estimate of drug-likeness (QED) is 0.269. The summed E-state index contributed by atoms with van der Waals surface area (Å²) in [6, 6.07) is 25.9. The average Bonchev–Trinajstić information content (AvgIpc) is 3.59. The second-order valence-electron chi connectivity index (χ2n) is 9.38. The largest absolute Gasteiger partial charge is 0.457 e. The van der Waals surface area contributed by atoms with Gasteiger partial charge in [-0.25, -0.2) is 4.98 Å². The summed E-state index contributed by atoms with van der Waals surface area (Å²) in [6.07, 6.45) is 8.44. The molecule has 0 unspecified atom stereocenters. The molecule has 36 heavy (non-hydrogen) atoms. The van der Waals surface area contributed by atoms with Crippen molar-refractivity contribution in [3.05, 3.63) is 102 Å². The van der Waals surface area contributed by atoms with Gasteiger partial charge in [-0.15, -0.1) is 0 Å². The predicted octanol–water partition coefficient (Wildman–Crippen LogP) is 7.45. The number of aromatic nitrogens is 2. The molecule has 1 aliphatic carbocycles. The molecule has 1 aliphatic rings. The van der Waals surface area contributed by atoms with Crippen molar-refractivity contribution in [2.45, 2.75) is 31.6 Å². The molecule has 3 N–H and O–H groups in total. The maximum absolute atomic E-state index is 12.1. The molecule has 0 atom stereocenters. The smallest absolute Gasteiger partial charge is 0.248 e. The average molecular weight is 474 g/mol. The number of hydrogen-bond acceptors (Lipinski definition) is 3. The molecule has 2 heterocycles. The molecule has 3 aromatic carbocycles. The molecule has 0 radical (unpaired) electrons. The highest BCUT2D eigenvalue weighted by Crippen LogP contribution is 2.40. The molecular formula is C31H27N3O2. The molecule has 1 saturated carbocycles. The molecular weight excluding hydrogens is 446 g/mol. The fourth-order valence-corrected chi connectivity index (χ4v) is 5.33. The van der Waals surface area contributed by atoms with E-state index < -0.39 is 0 Å². The Kier molecular flexibility index (Phi) is 5.74. The van der Waals surface area contributed by atoms with Crippen molar-refractivity contribution in [2.75, 3.05) is 0 Å². The Labute approximate surface area is 210 Å². The number of amides is 1. The fourth-order valence-electron chi connectivity index (χ4n) is 5.33. The van der Waals surface area contributed by atoms with Crippen LogP contribution >= 0.6 is 0 Å². The van der Waals surface area contributed by atoms with Gasteiger partial charge in [0.2, 0.25) is 5.91 Å². The number of hydrogen-bond donors (Lipinski definition) is 2. The Hall–Kier alpha value is -4.38. The first-order valence-corrected chi connectivity index (χ1v) is 12.4. The number of carbonyl (C=O) groups excluding carboxylic acids is 1. The monoisotopic (exact) mass is 473 g/mol. The van der Waals surface area contributed by atoms with Crippen LogP contribution in [0.1, 0.15) is 47.5 Å². The van der Waals surface area contributed by atoms with Crippen LogP contribution in [0.3, 0.4) is 0 Å². The summed E-state index contributed by atoms with van der Waals surface area (Å²) in [6.45, 7) is 0. The van der Waals surface area contributed by atoms with Gasteiger partial charge in [0.15, 0.2) is 0 Å². The maximum Gasteiger partial charge on any atom is 0.248 e. The van der Waals surface area contributed by atoms with Crippen LogP contribution in [0.5, 0.6) is 11.5 Å². The first kappa shape index (κ1) is 22.1. The number of ether oxygens (including phenoxy) is 1. The van der Waals surface area contributed by atoms with E-state index in [1.54, 1.807) is 0 Å². The van der Waals surface area contributed by atoms with Gasteiger partial charge >= 0.3 is 0 Å². The Bertz CT molecular complexity index is 1550. The summed E-state index contributed by atoms with van der Waals surface area (Å²) in [7, 11) is 0. The highest BCUT2D eigenvalue weighted by Gasteiger charge is 2.23. The lowest BCUT2D eigenvalue weighted by molar-refractivity contribution is 0.0999. The zero-order valence-electron chi connectivity index (χ0n) is 19.9. The molecule has 6 rings (SSSR count). The van der Waals surface area contributed by atoms with E-state index in [9.17, 15) is 4.79 Å². The minimum absolute atomic E-state index is 0.360. The second kappa shape index (κ2) is 9.34. The van der Waals surface area contributed by atoms with Gasteiger partial charge in [0.1, 0.15) is 17.1 Å². The number of fused-ring (bicyclic) bond motifs is 1. The summed E-state index contributed by atoms with van der Waals surface area (Å²) in [5.74, 6) is 1.58. The third-order valence-corrected chi connectivity index (χ3v) is 7.12. The van der Waals surface area contributed by atoms with E-state index in [1.807, 2.05) is 79.1 Å². The van der Waals surface area contributed by atoms with Crippen LogP contribution in [0.25, 0.3) is 33.3 Å². The number of primary amides is 1. The van der Waals surface area contributed by atoms with Crippen LogP contribution in [-0.4, -0.2) is 15.9 Å². The number of H-pyrrole nitrogens is 1. The van der Waals surface area contributed by atoms with Crippen LogP contribution in [0, 0.1) is 0 Å². The van der Waals surface area contributed by atoms with Crippen molar-refractivity contribution in [3.63, 3.8) is 0 Å². The molecule has 0 aliphatic heterocycles. The second-order valence-corrected chi connectivity index (χ2v) is 9.38. The van der Waals surface area contributed by atoms with Crippen LogP contribution < -0.4 is 10.5 Å². The minimum Gasteiger partial charge on any atom is -0.457 e. The Morgan fingerprint density at radius 1 is 0.889 bits per heavy atom. The van der Waals surface area contributed by atoms with E-state index in [4.69, 9.17) is 15.5 Å². The summed E-state index contributed by atoms with van der Waals surface area (Å²) in [5.41, 5.74) is 12.3. The van der Waals surface area contributed by atoms with Gasteiger partial charge in [-0.2, -0.15) is 0 Å². The zero-order chi connectivity index (χ0) is 24.5. The molecule has 0 saturated heterocycles. The van der Waals surface area contributed by atoms with Gasteiger partial charge in [-0.05, 0) is 60.2 Å². The maximum atomic E-state index is 12.1. The van der Waals surface area contributed by atoms with Crippen molar-refractivity contribution in [3.8, 4) is 33.8 Å². The van der Waals surface area contributed by atoms with Crippen LogP contribution in [0.2, 0.25) is 0 Å². The molecule has 178 valence electrons. The van der Waals surface area contributed by atoms with E-state index in [2.05, 4.69) is 17.1 Å². The van der Waals surface area contributed by atoms with Crippen molar-refractivity contribution in [1.29, 1.82) is 0 Å². The number of carbonyl (C=O) groups is 1. The minimum atomic E-state index is -0.360. The van der Waals surface area contributed by atoms with Gasteiger partial charge in [-0.1, -0.05) is 61.4 Å². The normalized spacial score (nSPS) is 13.8. The topological polar surface area (TPSA) is 81.0 Å². The number of nitrogens with zero attached hydrogens (tertiary/aromatic N) is 1. The number of rotatable bonds is 6. The van der Waals surface area contributed by atoms with Gasteiger partial charge in [0.25, 0.3) is 0 Å². The Morgan fingerprint density at radius 3 is 2.47 bits per heavy atom. The van der Waals surface area contributed by atoms with E-state index in [0.717, 1.165) is 63.2 Å². The number of nitrogens with two attached hydrogens (primary N) is 1. The van der Waals surface area contributed by atoms with E-state index in [-0.39, 0.29) is 5.91 Å².